The quantitative estimate of drug-likeness (QED) is 0.0971. The second-order valence-electron chi connectivity index (χ2n) is 19.8. The number of nitrogens with one attached hydrogen (secondary N) is 4. The van der Waals surface area contributed by atoms with Crippen LogP contribution in [0.25, 0.3) is 44.7 Å². The predicted molar refractivity (Wildman–Crippen MR) is 258 cm³/mol. The fourth-order valence-electron chi connectivity index (χ4n) is 9.72. The van der Waals surface area contributed by atoms with Gasteiger partial charge in [0.15, 0.2) is 0 Å². The minimum absolute atomic E-state index is 0.157. The van der Waals surface area contributed by atoms with Crippen LogP contribution >= 0.6 is 11.3 Å². The summed E-state index contributed by atoms with van der Waals surface area (Å²) in [6.45, 7) is 14.9. The lowest BCUT2D eigenvalue weighted by molar-refractivity contribution is -0.136. The first-order chi connectivity index (χ1) is 32.9. The van der Waals surface area contributed by atoms with Crippen LogP contribution in [0.15, 0.2) is 55.0 Å². The predicted octanol–water partition coefficient (Wildman–Crippen LogP) is 9.01. The zero-order chi connectivity index (χ0) is 49.1. The Balaban J connectivity index is 1.04. The van der Waals surface area contributed by atoms with Crippen LogP contribution in [0.3, 0.4) is 0 Å². The van der Waals surface area contributed by atoms with Gasteiger partial charge < -0.3 is 44.6 Å². The van der Waals surface area contributed by atoms with Crippen molar-refractivity contribution < 1.29 is 37.8 Å². The third-order valence-electron chi connectivity index (χ3n) is 13.3. The summed E-state index contributed by atoms with van der Waals surface area (Å²) in [7, 11) is 2.54. The van der Waals surface area contributed by atoms with E-state index in [1.54, 1.807) is 33.5 Å². The molecule has 6 aromatic rings. The number of rotatable bonds is 11. The van der Waals surface area contributed by atoms with Crippen molar-refractivity contribution >= 4 is 46.2 Å². The number of benzene rings is 2. The number of aromatic nitrogens is 6. The zero-order valence-corrected chi connectivity index (χ0v) is 41.1. The van der Waals surface area contributed by atoms with Crippen molar-refractivity contribution in [3.63, 3.8) is 0 Å². The van der Waals surface area contributed by atoms with Crippen molar-refractivity contribution in [3.05, 3.63) is 82.3 Å². The lowest BCUT2D eigenvalue weighted by atomic mass is 9.98. The van der Waals surface area contributed by atoms with E-state index in [1.165, 1.54) is 20.3 Å². The van der Waals surface area contributed by atoms with Crippen LogP contribution in [-0.2, 0) is 24.5 Å². The van der Waals surface area contributed by atoms with E-state index in [0.29, 0.717) is 65.8 Å². The van der Waals surface area contributed by atoms with Gasteiger partial charge in [-0.05, 0) is 67.9 Å². The highest BCUT2D eigenvalue weighted by Crippen LogP contribution is 2.49. The molecular formula is C50H59FN10O7S. The Morgan fingerprint density at radius 2 is 1.35 bits per heavy atom. The van der Waals surface area contributed by atoms with Gasteiger partial charge in [0.2, 0.25) is 18.0 Å². The summed E-state index contributed by atoms with van der Waals surface area (Å²) in [4.78, 5) is 77.4. The monoisotopic (exact) mass is 962 g/mol. The fourth-order valence-corrected chi connectivity index (χ4v) is 10.7. The van der Waals surface area contributed by atoms with Crippen LogP contribution in [0.4, 0.5) is 14.0 Å². The highest BCUT2D eigenvalue weighted by atomic mass is 32.1. The largest absolute Gasteiger partial charge is 0.464 e. The lowest BCUT2D eigenvalue weighted by Gasteiger charge is -2.30. The molecule has 364 valence electrons. The molecule has 69 heavy (non-hydrogen) atoms. The van der Waals surface area contributed by atoms with Gasteiger partial charge in [-0.3, -0.25) is 14.2 Å². The molecule has 4 amide bonds. The number of aromatic amines is 2. The summed E-state index contributed by atoms with van der Waals surface area (Å²) in [5.41, 5.74) is 4.27. The van der Waals surface area contributed by atoms with E-state index >= 15 is 4.39 Å². The van der Waals surface area contributed by atoms with Crippen LogP contribution in [0.5, 0.6) is 5.75 Å². The molecule has 17 nitrogen and oxygen atoms in total. The van der Waals surface area contributed by atoms with E-state index in [4.69, 9.17) is 29.2 Å². The summed E-state index contributed by atoms with van der Waals surface area (Å²) < 4.78 is 35.4. The second kappa shape index (κ2) is 18.6. The molecule has 2 aromatic carbocycles. The van der Waals surface area contributed by atoms with Gasteiger partial charge in [-0.15, -0.1) is 11.3 Å². The molecule has 3 aliphatic heterocycles. The topological polar surface area (TPSA) is 202 Å². The Morgan fingerprint density at radius 1 is 0.783 bits per heavy atom. The molecule has 0 radical (unpaired) electrons. The lowest BCUT2D eigenvalue weighted by Crippen LogP contribution is -2.51. The van der Waals surface area contributed by atoms with Crippen LogP contribution in [0, 0.1) is 17.7 Å². The van der Waals surface area contributed by atoms with Gasteiger partial charge >= 0.3 is 12.2 Å². The molecule has 1 unspecified atom stereocenters. The summed E-state index contributed by atoms with van der Waals surface area (Å²) in [6.07, 6.45) is 6.18. The fraction of sp³-hybridized carbons (Fsp3) is 0.460. The molecule has 0 spiro atoms. The van der Waals surface area contributed by atoms with E-state index in [9.17, 15) is 19.2 Å². The number of halogens is 1. The first-order valence-electron chi connectivity index (χ1n) is 23.5. The molecule has 19 heteroatoms. The van der Waals surface area contributed by atoms with Crippen molar-refractivity contribution in [1.82, 2.24) is 49.9 Å². The van der Waals surface area contributed by atoms with Gasteiger partial charge in [0.1, 0.15) is 35.3 Å². The molecule has 9 rings (SSSR count). The molecule has 0 bridgehead atoms. The Hall–Kier alpha value is -6.76. The Kier molecular flexibility index (Phi) is 12.8. The van der Waals surface area contributed by atoms with Crippen molar-refractivity contribution in [2.45, 2.75) is 110 Å². The van der Waals surface area contributed by atoms with Crippen molar-refractivity contribution in [2.24, 2.45) is 11.8 Å². The number of likely N-dealkylation sites (tertiary alicyclic amines) is 2. The number of thiazole rings is 1. The first kappa shape index (κ1) is 47.3. The number of amides is 4. The SMILES string of the molecule is COC(=O)N[C@H](C(=O)N1CCC[C@H]1c1ncc(-c2cc(F)c3c(c2)OC(c2cnc(C(C)(C)C)s2)n2c-3cc3cc(-c4cnc([C@@H]5CCCN5C(=O)[C@@H](NC(=O)OC)C(C)C)[nH]4)ccc32)[nH]1)C(C)C. The second-order valence-corrected chi connectivity index (χ2v) is 20.8. The van der Waals surface area contributed by atoms with E-state index in [1.807, 2.05) is 68.8 Å². The molecule has 3 aliphatic rings. The number of methoxy groups -OCH3 is 2. The molecule has 0 aliphatic carbocycles. The van der Waals surface area contributed by atoms with Gasteiger partial charge in [-0.25, -0.2) is 28.9 Å². The van der Waals surface area contributed by atoms with Crippen molar-refractivity contribution in [1.29, 1.82) is 0 Å². The normalized spacial score (nSPS) is 18.8. The Labute approximate surface area is 403 Å². The van der Waals surface area contributed by atoms with E-state index in [2.05, 4.69) is 41.4 Å². The van der Waals surface area contributed by atoms with E-state index in [0.717, 1.165) is 44.9 Å². The van der Waals surface area contributed by atoms with E-state index in [-0.39, 0.29) is 41.1 Å². The summed E-state index contributed by atoms with van der Waals surface area (Å²) in [5.74, 6) is 0.343. The van der Waals surface area contributed by atoms with Gasteiger partial charge in [0.25, 0.3) is 0 Å². The molecule has 4 N–H and O–H groups in total. The molecular weight excluding hydrogens is 904 g/mol. The number of carbonyl (C=O) groups excluding carboxylic acids is 4. The molecule has 7 heterocycles. The maximum absolute atomic E-state index is 16.9. The van der Waals surface area contributed by atoms with Gasteiger partial charge in [-0.2, -0.15) is 0 Å². The maximum Gasteiger partial charge on any atom is 0.407 e. The Bertz CT molecular complexity index is 2930. The average molecular weight is 963 g/mol. The maximum atomic E-state index is 16.9. The first-order valence-corrected chi connectivity index (χ1v) is 24.3. The molecule has 2 fully saturated rings. The minimum atomic E-state index is -0.777. The van der Waals surface area contributed by atoms with Gasteiger partial charge in [-0.1, -0.05) is 54.5 Å². The number of hydrogen-bond donors (Lipinski definition) is 4. The number of H-pyrrole nitrogens is 2. The highest BCUT2D eigenvalue weighted by Gasteiger charge is 2.40. The van der Waals surface area contributed by atoms with Gasteiger partial charge in [0.05, 0.1) is 76.7 Å². The van der Waals surface area contributed by atoms with Gasteiger partial charge in [0, 0.05) is 41.2 Å². The summed E-state index contributed by atoms with van der Waals surface area (Å²) >= 11 is 1.56. The number of alkyl carbamates (subject to hydrolysis) is 2. The zero-order valence-electron chi connectivity index (χ0n) is 40.3. The van der Waals surface area contributed by atoms with Crippen LogP contribution in [0.2, 0.25) is 0 Å². The third-order valence-corrected chi connectivity index (χ3v) is 14.8. The molecule has 4 aromatic heterocycles. The summed E-state index contributed by atoms with van der Waals surface area (Å²) in [5, 5.41) is 7.18. The minimum Gasteiger partial charge on any atom is -0.464 e. The van der Waals surface area contributed by atoms with Crippen molar-refractivity contribution in [2.75, 3.05) is 27.3 Å². The standard InChI is InChI=1S/C50H59FN10O7S/c1-25(2)40(57-48(64)66-8)44(62)59-16-10-12-34(59)42-52-22-31(55-42)27-14-15-33-29(18-27)20-36-39-30(51)19-28(21-37(39)68-46(61(33)36)38-24-54-47(69-38)50(5,6)7)32-23-53-43(56-32)35-13-11-17-60(35)45(63)41(26(3)4)58-49(65)67-9/h14-15,18-26,34-35,40-41,46H,10-13,16-17H2,1-9H3,(H,52,55)(H,53,56)(H,57,64)(H,58,65)/t34-,35-,40-,41-,46?/m0/s1. The Morgan fingerprint density at radius 3 is 1.87 bits per heavy atom. The van der Waals surface area contributed by atoms with Crippen LogP contribution < -0.4 is 15.4 Å². The van der Waals surface area contributed by atoms with Crippen LogP contribution in [-0.4, -0.2) is 103 Å². The number of hydrogen-bond acceptors (Lipinski definition) is 11. The van der Waals surface area contributed by atoms with E-state index < -0.39 is 36.3 Å². The van der Waals surface area contributed by atoms with Crippen molar-refractivity contribution in [3.8, 4) is 39.5 Å². The molecule has 0 saturated carbocycles. The average Bonchev–Trinajstić information content (AvgIpc) is 4.18. The van der Waals surface area contributed by atoms with Crippen LogP contribution in [0.1, 0.15) is 114 Å². The third kappa shape index (κ3) is 8.92. The smallest absolute Gasteiger partial charge is 0.407 e. The number of imidazole rings is 2. The molecule has 2 saturated heterocycles. The molecule has 5 atom stereocenters. The number of nitrogens with zero attached hydrogens (tertiary/aromatic N) is 6. The highest BCUT2D eigenvalue weighted by molar-refractivity contribution is 7.11. The summed E-state index contributed by atoms with van der Waals surface area (Å²) in [6, 6.07) is 9.13. The number of fused-ring (bicyclic) bond motifs is 5. The number of ether oxygens (including phenoxy) is 3. The number of carbonyl (C=O) groups is 4.